The monoisotopic (exact) mass is 168 g/mol. The molecule has 0 aromatic heterocycles. The van der Waals surface area contributed by atoms with Gasteiger partial charge < -0.3 is 9.84 Å². The molecule has 2 aliphatic carbocycles. The molecule has 1 spiro atoms. The molecule has 1 heterocycles. The first-order chi connectivity index (χ1) is 5.69. The van der Waals surface area contributed by atoms with Gasteiger partial charge in [-0.15, -0.1) is 0 Å². The van der Waals surface area contributed by atoms with Gasteiger partial charge in [0.05, 0.1) is 11.7 Å². The van der Waals surface area contributed by atoms with Crippen molar-refractivity contribution in [3.63, 3.8) is 0 Å². The minimum Gasteiger partial charge on any atom is -0.392 e. The summed E-state index contributed by atoms with van der Waals surface area (Å²) in [4.78, 5) is 0. The molecule has 1 aliphatic heterocycles. The van der Waals surface area contributed by atoms with Gasteiger partial charge in [0, 0.05) is 12.0 Å². The van der Waals surface area contributed by atoms with Crippen molar-refractivity contribution in [3.05, 3.63) is 0 Å². The Hall–Kier alpha value is -0.0800. The first-order valence-electron chi connectivity index (χ1n) is 5.01. The van der Waals surface area contributed by atoms with Crippen LogP contribution in [0.5, 0.6) is 0 Å². The highest BCUT2D eigenvalue weighted by molar-refractivity contribution is 5.21. The van der Waals surface area contributed by atoms with Gasteiger partial charge in [0.25, 0.3) is 0 Å². The molecule has 12 heavy (non-hydrogen) atoms. The van der Waals surface area contributed by atoms with Crippen LogP contribution in [-0.2, 0) is 4.74 Å². The molecule has 2 heteroatoms. The van der Waals surface area contributed by atoms with Crippen LogP contribution in [-0.4, -0.2) is 23.4 Å². The van der Waals surface area contributed by atoms with Crippen molar-refractivity contribution in [3.8, 4) is 0 Å². The van der Waals surface area contributed by atoms with Gasteiger partial charge in [-0.25, -0.2) is 0 Å². The molecule has 0 unspecified atom stereocenters. The third-order valence-corrected chi connectivity index (χ3v) is 4.65. The highest BCUT2D eigenvalue weighted by atomic mass is 16.5. The molecule has 1 N–H and O–H groups in total. The summed E-state index contributed by atoms with van der Waals surface area (Å²) in [6.45, 7) is 3.12. The van der Waals surface area contributed by atoms with Crippen molar-refractivity contribution in [1.82, 2.24) is 0 Å². The van der Waals surface area contributed by atoms with E-state index in [0.29, 0.717) is 0 Å². The van der Waals surface area contributed by atoms with E-state index < -0.39 is 0 Å². The lowest BCUT2D eigenvalue weighted by Gasteiger charge is -2.56. The Kier molecular flexibility index (Phi) is 1.15. The number of aliphatic hydroxyl groups excluding tert-OH is 1. The molecular weight excluding hydrogens is 152 g/mol. The summed E-state index contributed by atoms with van der Waals surface area (Å²) in [5.74, 6) is 0.764. The van der Waals surface area contributed by atoms with E-state index in [0.717, 1.165) is 25.4 Å². The highest BCUT2D eigenvalue weighted by Gasteiger charge is 2.71. The van der Waals surface area contributed by atoms with Crippen LogP contribution in [0, 0.1) is 11.3 Å². The second kappa shape index (κ2) is 1.88. The highest BCUT2D eigenvalue weighted by Crippen LogP contribution is 2.68. The molecule has 0 amide bonds. The normalized spacial score (nSPS) is 62.5. The standard InChI is InChI=1S/C10H16O2/c1-9-6-7-3-5-12-10(7,9)4-2-8(9)11/h7-8,11H,2-6H2,1H3/t7-,8+,9+,10-/m0/s1. The molecule has 2 saturated carbocycles. The van der Waals surface area contributed by atoms with Crippen LogP contribution in [0.1, 0.15) is 32.6 Å². The average molecular weight is 168 g/mol. The fourth-order valence-corrected chi connectivity index (χ4v) is 3.84. The molecule has 3 aliphatic rings. The molecule has 3 rings (SSSR count). The lowest BCUT2D eigenvalue weighted by molar-refractivity contribution is -0.198. The van der Waals surface area contributed by atoms with E-state index in [2.05, 4.69) is 6.92 Å². The van der Waals surface area contributed by atoms with Crippen LogP contribution >= 0.6 is 0 Å². The summed E-state index contributed by atoms with van der Waals surface area (Å²) in [5, 5.41) is 9.84. The van der Waals surface area contributed by atoms with E-state index >= 15 is 0 Å². The van der Waals surface area contributed by atoms with Crippen molar-refractivity contribution in [2.75, 3.05) is 6.61 Å². The molecule has 0 bridgehead atoms. The molecule has 4 atom stereocenters. The summed E-state index contributed by atoms with van der Waals surface area (Å²) in [6, 6.07) is 0. The van der Waals surface area contributed by atoms with Gasteiger partial charge in [-0.05, 0) is 31.6 Å². The second-order valence-corrected chi connectivity index (χ2v) is 4.90. The maximum atomic E-state index is 9.84. The zero-order valence-corrected chi connectivity index (χ0v) is 7.55. The molecule has 2 nitrogen and oxygen atoms in total. The van der Waals surface area contributed by atoms with Gasteiger partial charge in [0.1, 0.15) is 0 Å². The summed E-state index contributed by atoms with van der Waals surface area (Å²) in [6.07, 6.45) is 4.35. The van der Waals surface area contributed by atoms with Gasteiger partial charge in [0.2, 0.25) is 0 Å². The van der Waals surface area contributed by atoms with Gasteiger partial charge >= 0.3 is 0 Å². The van der Waals surface area contributed by atoms with Crippen LogP contribution < -0.4 is 0 Å². The first kappa shape index (κ1) is 7.34. The van der Waals surface area contributed by atoms with Crippen molar-refractivity contribution in [1.29, 1.82) is 0 Å². The SMILES string of the molecule is C[C@]12C[C@@H]3CCO[C@@]31CC[C@H]2O. The van der Waals surface area contributed by atoms with E-state index in [1.165, 1.54) is 12.8 Å². The molecule has 68 valence electrons. The number of hydrogen-bond donors (Lipinski definition) is 1. The number of rotatable bonds is 0. The van der Waals surface area contributed by atoms with Crippen molar-refractivity contribution >= 4 is 0 Å². The zero-order valence-electron chi connectivity index (χ0n) is 7.55. The maximum absolute atomic E-state index is 9.84. The third-order valence-electron chi connectivity index (χ3n) is 4.65. The lowest BCUT2D eigenvalue weighted by atomic mass is 9.52. The molecule has 0 aromatic rings. The van der Waals surface area contributed by atoms with Crippen LogP contribution in [0.15, 0.2) is 0 Å². The Morgan fingerprint density at radius 2 is 2.25 bits per heavy atom. The number of ether oxygens (including phenoxy) is 1. The van der Waals surface area contributed by atoms with E-state index in [1.54, 1.807) is 0 Å². The topological polar surface area (TPSA) is 29.5 Å². The molecule has 3 fully saturated rings. The van der Waals surface area contributed by atoms with Crippen LogP contribution in [0.4, 0.5) is 0 Å². The second-order valence-electron chi connectivity index (χ2n) is 4.90. The van der Waals surface area contributed by atoms with Crippen LogP contribution in [0.2, 0.25) is 0 Å². The summed E-state index contributed by atoms with van der Waals surface area (Å²) < 4.78 is 5.88. The van der Waals surface area contributed by atoms with Gasteiger partial charge in [-0.3, -0.25) is 0 Å². The first-order valence-corrected chi connectivity index (χ1v) is 5.01. The molecular formula is C10H16O2. The molecule has 1 saturated heterocycles. The lowest BCUT2D eigenvalue weighted by Crippen LogP contribution is -2.61. The van der Waals surface area contributed by atoms with Crippen LogP contribution in [0.3, 0.4) is 0 Å². The van der Waals surface area contributed by atoms with Crippen molar-refractivity contribution in [2.45, 2.75) is 44.3 Å². The van der Waals surface area contributed by atoms with E-state index in [1.807, 2.05) is 0 Å². The fourth-order valence-electron chi connectivity index (χ4n) is 3.84. The zero-order chi connectivity index (χ0) is 8.40. The summed E-state index contributed by atoms with van der Waals surface area (Å²) in [7, 11) is 0. The molecule has 0 radical (unpaired) electrons. The number of hydrogen-bond acceptors (Lipinski definition) is 2. The van der Waals surface area contributed by atoms with Gasteiger partial charge in [-0.1, -0.05) is 6.92 Å². The minimum absolute atomic E-state index is 0.104. The van der Waals surface area contributed by atoms with E-state index in [-0.39, 0.29) is 17.1 Å². The Morgan fingerprint density at radius 3 is 2.92 bits per heavy atom. The summed E-state index contributed by atoms with van der Waals surface area (Å²) >= 11 is 0. The number of aliphatic hydroxyl groups is 1. The fraction of sp³-hybridized carbons (Fsp3) is 1.00. The summed E-state index contributed by atoms with van der Waals surface area (Å²) in [5.41, 5.74) is 0.209. The molecule has 0 aromatic carbocycles. The Bertz CT molecular complexity index is 228. The Labute approximate surface area is 72.9 Å². The van der Waals surface area contributed by atoms with Crippen molar-refractivity contribution < 1.29 is 9.84 Å². The predicted octanol–water partition coefficient (Wildman–Crippen LogP) is 1.33. The quantitative estimate of drug-likeness (QED) is 0.591. The smallest absolute Gasteiger partial charge is 0.0790 e. The van der Waals surface area contributed by atoms with E-state index in [4.69, 9.17) is 4.74 Å². The Morgan fingerprint density at radius 1 is 1.42 bits per heavy atom. The largest absolute Gasteiger partial charge is 0.392 e. The Balaban J connectivity index is 2.00. The van der Waals surface area contributed by atoms with Crippen molar-refractivity contribution in [2.24, 2.45) is 11.3 Å². The van der Waals surface area contributed by atoms with Crippen LogP contribution in [0.25, 0.3) is 0 Å². The maximum Gasteiger partial charge on any atom is 0.0790 e. The minimum atomic E-state index is -0.105. The van der Waals surface area contributed by atoms with E-state index in [9.17, 15) is 5.11 Å². The van der Waals surface area contributed by atoms with Gasteiger partial charge in [-0.2, -0.15) is 0 Å². The average Bonchev–Trinajstić information content (AvgIpc) is 2.46. The predicted molar refractivity (Wildman–Crippen MR) is 44.8 cm³/mol. The third kappa shape index (κ3) is 0.521. The van der Waals surface area contributed by atoms with Gasteiger partial charge in [0.15, 0.2) is 0 Å².